The van der Waals surface area contributed by atoms with Crippen molar-refractivity contribution in [2.24, 2.45) is 0 Å². The normalized spacial score (nSPS) is 12.4. The molecular formula is C18H21BrClN. The largest absolute Gasteiger partial charge is 0.306 e. The molecule has 2 aromatic carbocycles. The average molecular weight is 367 g/mol. The molecule has 0 aliphatic heterocycles. The van der Waals surface area contributed by atoms with Gasteiger partial charge in [0, 0.05) is 4.47 Å². The van der Waals surface area contributed by atoms with E-state index >= 15 is 0 Å². The molecule has 0 fully saturated rings. The first-order valence-corrected chi connectivity index (χ1v) is 8.60. The van der Waals surface area contributed by atoms with Crippen molar-refractivity contribution in [1.29, 1.82) is 0 Å². The van der Waals surface area contributed by atoms with Gasteiger partial charge in [-0.2, -0.15) is 0 Å². The Hall–Kier alpha value is -0.830. The Labute approximate surface area is 140 Å². The zero-order valence-corrected chi connectivity index (χ0v) is 14.8. The summed E-state index contributed by atoms with van der Waals surface area (Å²) < 4.78 is 0.941. The van der Waals surface area contributed by atoms with Crippen LogP contribution in [0.3, 0.4) is 0 Å². The van der Waals surface area contributed by atoms with Crippen molar-refractivity contribution < 1.29 is 0 Å². The van der Waals surface area contributed by atoms with Crippen LogP contribution in [0.15, 0.2) is 46.9 Å². The minimum atomic E-state index is 0.126. The fourth-order valence-electron chi connectivity index (χ4n) is 2.43. The van der Waals surface area contributed by atoms with Crippen LogP contribution in [0.4, 0.5) is 0 Å². The van der Waals surface area contributed by atoms with Crippen LogP contribution in [0.25, 0.3) is 0 Å². The van der Waals surface area contributed by atoms with Gasteiger partial charge in [0.1, 0.15) is 0 Å². The van der Waals surface area contributed by atoms with Crippen LogP contribution in [0, 0.1) is 0 Å². The van der Waals surface area contributed by atoms with E-state index in [0.29, 0.717) is 0 Å². The Morgan fingerprint density at radius 2 is 1.90 bits per heavy atom. The first-order chi connectivity index (χ1) is 10.2. The second-order valence-corrected chi connectivity index (χ2v) is 6.36. The van der Waals surface area contributed by atoms with E-state index in [1.54, 1.807) is 0 Å². The van der Waals surface area contributed by atoms with Crippen molar-refractivity contribution in [1.82, 2.24) is 5.32 Å². The average Bonchev–Trinajstić information content (AvgIpc) is 2.52. The molecule has 0 saturated heterocycles. The monoisotopic (exact) mass is 365 g/mol. The Morgan fingerprint density at radius 3 is 2.62 bits per heavy atom. The summed E-state index contributed by atoms with van der Waals surface area (Å²) in [5.74, 6) is 0. The first kappa shape index (κ1) is 16.5. The van der Waals surface area contributed by atoms with Gasteiger partial charge in [0.25, 0.3) is 0 Å². The Bertz CT molecular complexity index is 598. The summed E-state index contributed by atoms with van der Waals surface area (Å²) >= 11 is 10.0. The highest BCUT2D eigenvalue weighted by Crippen LogP contribution is 2.33. The molecule has 0 radical (unpaired) electrons. The first-order valence-electron chi connectivity index (χ1n) is 7.43. The molecule has 0 aliphatic rings. The summed E-state index contributed by atoms with van der Waals surface area (Å²) in [4.78, 5) is 0. The number of hydrogen-bond acceptors (Lipinski definition) is 1. The molecule has 0 saturated carbocycles. The lowest BCUT2D eigenvalue weighted by molar-refractivity contribution is 0.598. The van der Waals surface area contributed by atoms with Crippen LogP contribution >= 0.6 is 27.5 Å². The molecule has 1 unspecified atom stereocenters. The van der Waals surface area contributed by atoms with Crippen molar-refractivity contribution >= 4 is 27.5 Å². The number of halogens is 2. The summed E-state index contributed by atoms with van der Waals surface area (Å²) in [7, 11) is 0. The van der Waals surface area contributed by atoms with Crippen LogP contribution in [-0.4, -0.2) is 6.54 Å². The minimum absolute atomic E-state index is 0.126. The third-order valence-corrected chi connectivity index (χ3v) is 4.89. The van der Waals surface area contributed by atoms with Gasteiger partial charge in [-0.3, -0.25) is 0 Å². The van der Waals surface area contributed by atoms with E-state index in [4.69, 9.17) is 11.6 Å². The molecule has 1 N–H and O–H groups in total. The zero-order valence-electron chi connectivity index (χ0n) is 12.5. The van der Waals surface area contributed by atoms with Crippen molar-refractivity contribution in [2.45, 2.75) is 32.7 Å². The van der Waals surface area contributed by atoms with E-state index < -0.39 is 0 Å². The van der Waals surface area contributed by atoms with E-state index in [-0.39, 0.29) is 6.04 Å². The molecule has 21 heavy (non-hydrogen) atoms. The quantitative estimate of drug-likeness (QED) is 0.686. The summed E-state index contributed by atoms with van der Waals surface area (Å²) in [6, 6.07) is 15.0. The lowest BCUT2D eigenvalue weighted by atomic mass is 9.96. The fourth-order valence-corrected chi connectivity index (χ4v) is 3.05. The Balaban J connectivity index is 2.44. The van der Waals surface area contributed by atoms with E-state index in [1.165, 1.54) is 11.1 Å². The number of nitrogens with one attached hydrogen (secondary N) is 1. The molecule has 0 amide bonds. The second kappa shape index (κ2) is 7.98. The van der Waals surface area contributed by atoms with Crippen molar-refractivity contribution in [2.75, 3.05) is 6.54 Å². The van der Waals surface area contributed by atoms with Gasteiger partial charge < -0.3 is 5.32 Å². The lowest BCUT2D eigenvalue weighted by Gasteiger charge is -2.22. The van der Waals surface area contributed by atoms with Gasteiger partial charge in [0.2, 0.25) is 0 Å². The molecule has 2 aromatic rings. The summed E-state index contributed by atoms with van der Waals surface area (Å²) in [6.45, 7) is 5.32. The zero-order chi connectivity index (χ0) is 15.2. The van der Waals surface area contributed by atoms with Crippen LogP contribution in [0.2, 0.25) is 5.02 Å². The second-order valence-electron chi connectivity index (χ2n) is 5.13. The van der Waals surface area contributed by atoms with Gasteiger partial charge in [-0.05, 0) is 58.1 Å². The van der Waals surface area contributed by atoms with Gasteiger partial charge in [0.15, 0.2) is 0 Å². The molecular weight excluding hydrogens is 346 g/mol. The molecule has 0 aliphatic carbocycles. The Kier molecular flexibility index (Phi) is 6.28. The maximum atomic E-state index is 6.50. The summed E-state index contributed by atoms with van der Waals surface area (Å²) in [5, 5.41) is 4.40. The van der Waals surface area contributed by atoms with E-state index in [1.807, 2.05) is 12.1 Å². The van der Waals surface area contributed by atoms with Gasteiger partial charge in [-0.15, -0.1) is 0 Å². The molecule has 2 rings (SSSR count). The van der Waals surface area contributed by atoms with Crippen LogP contribution in [-0.2, 0) is 6.42 Å². The number of aryl methyl sites for hydroxylation is 1. The maximum absolute atomic E-state index is 6.50. The highest BCUT2D eigenvalue weighted by Gasteiger charge is 2.17. The van der Waals surface area contributed by atoms with Crippen LogP contribution in [0.1, 0.15) is 43.0 Å². The fraction of sp³-hybridized carbons (Fsp3) is 0.333. The highest BCUT2D eigenvalue weighted by molar-refractivity contribution is 9.10. The molecule has 1 nitrogen and oxygen atoms in total. The molecule has 112 valence electrons. The van der Waals surface area contributed by atoms with Crippen molar-refractivity contribution in [3.05, 3.63) is 68.7 Å². The van der Waals surface area contributed by atoms with Crippen LogP contribution < -0.4 is 5.32 Å². The molecule has 0 aromatic heterocycles. The predicted octanol–water partition coefficient (Wildman–Crippen LogP) is 5.75. The predicted molar refractivity (Wildman–Crippen MR) is 95.1 cm³/mol. The van der Waals surface area contributed by atoms with E-state index in [2.05, 4.69) is 65.4 Å². The molecule has 0 heterocycles. The third-order valence-electron chi connectivity index (χ3n) is 3.58. The van der Waals surface area contributed by atoms with Crippen LogP contribution in [0.5, 0.6) is 0 Å². The topological polar surface area (TPSA) is 12.0 Å². The van der Waals surface area contributed by atoms with Gasteiger partial charge >= 0.3 is 0 Å². The number of benzene rings is 2. The van der Waals surface area contributed by atoms with E-state index in [9.17, 15) is 0 Å². The molecule has 1 atom stereocenters. The third kappa shape index (κ3) is 4.09. The summed E-state index contributed by atoms with van der Waals surface area (Å²) in [6.07, 6.45) is 2.14. The molecule has 0 bridgehead atoms. The van der Waals surface area contributed by atoms with Crippen molar-refractivity contribution in [3.63, 3.8) is 0 Å². The lowest BCUT2D eigenvalue weighted by Crippen LogP contribution is -2.23. The Morgan fingerprint density at radius 1 is 1.14 bits per heavy atom. The smallest absolute Gasteiger partial charge is 0.0599 e. The molecule has 3 heteroatoms. The molecule has 0 spiro atoms. The number of rotatable bonds is 6. The van der Waals surface area contributed by atoms with Gasteiger partial charge in [-0.25, -0.2) is 0 Å². The van der Waals surface area contributed by atoms with E-state index in [0.717, 1.165) is 34.4 Å². The standard InChI is InChI=1S/C18H21BrClN/c1-3-11-21-18(14-8-5-7-13(4-2)12-14)15-9-6-10-16(19)17(15)20/h5-10,12,18,21H,3-4,11H2,1-2H3. The minimum Gasteiger partial charge on any atom is -0.306 e. The van der Waals surface area contributed by atoms with Crippen molar-refractivity contribution in [3.8, 4) is 0 Å². The number of hydrogen-bond donors (Lipinski definition) is 1. The maximum Gasteiger partial charge on any atom is 0.0599 e. The summed E-state index contributed by atoms with van der Waals surface area (Å²) in [5.41, 5.74) is 3.73. The SMILES string of the molecule is CCCNC(c1cccc(CC)c1)c1cccc(Br)c1Cl. The highest BCUT2D eigenvalue weighted by atomic mass is 79.9. The van der Waals surface area contributed by atoms with Gasteiger partial charge in [0.05, 0.1) is 11.1 Å². The van der Waals surface area contributed by atoms with Gasteiger partial charge in [-0.1, -0.05) is 61.8 Å².